The van der Waals surface area contributed by atoms with E-state index in [1.807, 2.05) is 109 Å². The quantitative estimate of drug-likeness (QED) is 0.0654. The number of anilines is 12. The highest BCUT2D eigenvalue weighted by Crippen LogP contribution is 2.56. The fourth-order valence-electron chi connectivity index (χ4n) is 18.9. The Labute approximate surface area is 851 Å². The van der Waals surface area contributed by atoms with Crippen molar-refractivity contribution in [3.8, 4) is 44.5 Å². The molecule has 149 heavy (non-hydrogen) atoms. The minimum Gasteiger partial charge on any atom is -0.322 e. The zero-order valence-electron chi connectivity index (χ0n) is 82.7. The van der Waals surface area contributed by atoms with Crippen molar-refractivity contribution in [3.63, 3.8) is 0 Å². The number of aryl methyl sites for hydroxylation is 5. The minimum atomic E-state index is -4.84. The number of rotatable bonds is 16. The third kappa shape index (κ3) is 20.3. The number of aromatic nitrogens is 7. The smallest absolute Gasteiger partial charge is 0.322 e. The molecule has 10 aromatic carbocycles. The molecule has 23 nitrogen and oxygen atoms in total. The van der Waals surface area contributed by atoms with Crippen LogP contribution in [-0.2, 0) is 59.4 Å². The van der Waals surface area contributed by atoms with E-state index < -0.39 is 91.4 Å². The molecule has 0 atom stereocenters. The van der Waals surface area contributed by atoms with Gasteiger partial charge in [0.2, 0.25) is 23.6 Å². The van der Waals surface area contributed by atoms with E-state index in [0.29, 0.717) is 107 Å². The maximum atomic E-state index is 13.9. The van der Waals surface area contributed by atoms with Crippen LogP contribution in [0.5, 0.6) is 0 Å². The lowest BCUT2D eigenvalue weighted by Crippen LogP contribution is -2.33. The van der Waals surface area contributed by atoms with E-state index in [-0.39, 0.29) is 35.1 Å². The van der Waals surface area contributed by atoms with Gasteiger partial charge in [-0.15, -0.1) is 0 Å². The first-order chi connectivity index (χ1) is 70.7. The second-order valence-electron chi connectivity index (χ2n) is 38.3. The molecule has 10 heterocycles. The summed E-state index contributed by atoms with van der Waals surface area (Å²) < 4.78 is 125. The molecular weight excluding hydrogens is 1910 g/mol. The van der Waals surface area contributed by atoms with E-state index in [9.17, 15) is 77.9 Å². The number of hydrogen-bond donors (Lipinski definition) is 4. The third-order valence-corrected chi connectivity index (χ3v) is 26.4. The van der Waals surface area contributed by atoms with Gasteiger partial charge in [-0.1, -0.05) is 138 Å². The van der Waals surface area contributed by atoms with Crippen LogP contribution in [0, 0.1) is 34.6 Å². The van der Waals surface area contributed by atoms with Crippen molar-refractivity contribution in [1.82, 2.24) is 34.9 Å². The fraction of sp³-hybridized carbons (Fsp3) is 0.171. The van der Waals surface area contributed by atoms with Gasteiger partial charge in [-0.3, -0.25) is 82.9 Å². The van der Waals surface area contributed by atoms with Gasteiger partial charge in [0.05, 0.1) is 113 Å². The van der Waals surface area contributed by atoms with Crippen LogP contribution in [-0.4, -0.2) is 82.1 Å². The highest BCUT2D eigenvalue weighted by molar-refractivity contribution is 6.19. The first-order valence-electron chi connectivity index (χ1n) is 47.1. The van der Waals surface area contributed by atoms with Gasteiger partial charge in [-0.25, -0.2) is 9.97 Å². The van der Waals surface area contributed by atoms with Crippen molar-refractivity contribution in [2.75, 3.05) is 40.9 Å². The molecule has 8 amide bonds. The predicted molar refractivity (Wildman–Crippen MR) is 555 cm³/mol. The highest BCUT2D eigenvalue weighted by Gasteiger charge is 2.52. The van der Waals surface area contributed by atoms with E-state index in [4.69, 9.17) is 0 Å². The lowest BCUT2D eigenvalue weighted by atomic mass is 9.81. The Balaban J connectivity index is 0.000000135. The van der Waals surface area contributed by atoms with Crippen LogP contribution in [0.2, 0.25) is 0 Å². The first kappa shape index (κ1) is 103. The minimum absolute atomic E-state index is 0.0228. The number of fused-ring (bicyclic) bond motifs is 4. The topological polar surface area (TPSA) is 288 Å². The van der Waals surface area contributed by atoms with Crippen molar-refractivity contribution in [2.45, 2.75) is 130 Å². The molecule has 0 unspecified atom stereocenters. The number of nitrogens with zero attached hydrogens (tertiary/aromatic N) is 11. The molecule has 0 radical (unpaired) electrons. The molecule has 20 rings (SSSR count). The predicted octanol–water partition coefficient (Wildman–Crippen LogP) is 26.6. The van der Waals surface area contributed by atoms with Gasteiger partial charge in [0.25, 0.3) is 23.6 Å². The van der Waals surface area contributed by atoms with Crippen LogP contribution in [0.4, 0.5) is 108 Å². The van der Waals surface area contributed by atoms with Crippen molar-refractivity contribution in [3.05, 3.63) is 412 Å². The second kappa shape index (κ2) is 40.3. The average Bonchev–Trinajstić information content (AvgIpc) is 1.58. The monoisotopic (exact) mass is 2010 g/mol. The number of halogens is 9. The lowest BCUT2D eigenvalue weighted by molar-refractivity contribution is -0.141. The summed E-state index contributed by atoms with van der Waals surface area (Å²) in [6.45, 7) is 23.9. The molecule has 0 saturated carbocycles. The molecule has 16 aromatic rings. The zero-order valence-corrected chi connectivity index (χ0v) is 82.7. The molecule has 6 aromatic heterocycles. The maximum Gasteiger partial charge on any atom is 0.434 e. The zero-order chi connectivity index (χ0) is 106. The van der Waals surface area contributed by atoms with Crippen LogP contribution in [0.25, 0.3) is 44.5 Å². The maximum absolute atomic E-state index is 13.9. The van der Waals surface area contributed by atoms with Crippen LogP contribution in [0.1, 0.15) is 164 Å². The summed E-state index contributed by atoms with van der Waals surface area (Å²) in [5.74, 6) is -2.80. The standard InChI is InChI=1S/C30H24F3N3O2.2C29H23F3N4O2.C29H26N4O2/c1-18-10-13-20(14-11-18)35-27(37)22-17-19(12-15-23(22)30(31,32)33)21-7-6-8-24-26(21)29(2,3)28(38)36(24)25-9-4-5-16-34-25;1-17-9-11-19(12-10-17)35-26(37)22-14-18(15-34-25(22)29(30,31)32)21-7-4-8-23-24(21)28(2,3)27(38)36(23)20-6-5-13-33-16-20;1-17-7-10-19(11-8-17)35-26(37)21-15-18(9-12-22(21)29(30,31)32)20-5-4-6-23-25(20)28(2,3)27(38)36(23)24-16-33-13-14-34-24;1-18-10-12-21(13-11-18)32-27(34)24-15-20(16-31-19(24)2)23-8-5-9-25-26(23)29(3,4)28(35)33(25)22-7-6-14-30-17-22/h4-17H,1-3H3,(H,35,37);2*4-16H,1-3H3,(H,35,37);5-17H,1-4H3,(H,32,34). The lowest BCUT2D eigenvalue weighted by Gasteiger charge is -2.21. The fourth-order valence-corrected chi connectivity index (χ4v) is 18.9. The Kier molecular flexibility index (Phi) is 27.7. The summed E-state index contributed by atoms with van der Waals surface area (Å²) in [6.07, 6.45) is 1.13. The van der Waals surface area contributed by atoms with Gasteiger partial charge in [-0.2, -0.15) is 39.5 Å². The summed E-state index contributed by atoms with van der Waals surface area (Å²) in [5, 5.41) is 10.6. The van der Waals surface area contributed by atoms with Crippen molar-refractivity contribution in [1.29, 1.82) is 0 Å². The van der Waals surface area contributed by atoms with Crippen molar-refractivity contribution >= 4 is 116 Å². The molecule has 750 valence electrons. The van der Waals surface area contributed by atoms with Crippen LogP contribution in [0.3, 0.4) is 0 Å². The van der Waals surface area contributed by atoms with Gasteiger partial charge in [0.15, 0.2) is 11.5 Å². The molecule has 0 fully saturated rings. The van der Waals surface area contributed by atoms with Crippen molar-refractivity contribution in [2.24, 2.45) is 0 Å². The highest BCUT2D eigenvalue weighted by atomic mass is 19.4. The summed E-state index contributed by atoms with van der Waals surface area (Å²) in [7, 11) is 0. The van der Waals surface area contributed by atoms with Gasteiger partial charge >= 0.3 is 18.5 Å². The Hall–Kier alpha value is -17.8. The Morgan fingerprint density at radius 3 is 0.940 bits per heavy atom. The molecule has 4 aliphatic heterocycles. The summed E-state index contributed by atoms with van der Waals surface area (Å²) in [4.78, 5) is 142. The van der Waals surface area contributed by atoms with Gasteiger partial charge < -0.3 is 21.3 Å². The number of amides is 8. The molecule has 4 aliphatic rings. The number of carbonyl (C=O) groups excluding carboxylic acids is 8. The Bertz CT molecular complexity index is 7390. The first-order valence-corrected chi connectivity index (χ1v) is 47.1. The van der Waals surface area contributed by atoms with Gasteiger partial charge in [0, 0.05) is 77.3 Å². The van der Waals surface area contributed by atoms with Gasteiger partial charge in [-0.05, 0) is 291 Å². The largest absolute Gasteiger partial charge is 0.434 e. The SMILES string of the molecule is Cc1ccc(NC(=O)c2cc(-c3cccc4c3C(C)(C)C(=O)N4c3ccccn3)ccc2C(F)(F)F)cc1.Cc1ccc(NC(=O)c2cc(-c3cccc4c3C(C)(C)C(=O)N4c3cccnc3)cnc2C(F)(F)F)cc1.Cc1ccc(NC(=O)c2cc(-c3cccc4c3C(C)(C)C(=O)N4c3cccnc3)cnc2C)cc1.Cc1ccc(NC(=O)c2cc(-c3cccc4c3C(C)(C)C(=O)N4c3cnccn3)ccc2C(F)(F)F)cc1. The Morgan fingerprint density at radius 1 is 0.275 bits per heavy atom. The summed E-state index contributed by atoms with van der Waals surface area (Å²) >= 11 is 0. The van der Waals surface area contributed by atoms with E-state index in [0.717, 1.165) is 74.3 Å². The van der Waals surface area contributed by atoms with Crippen LogP contribution in [0.15, 0.2) is 323 Å². The molecule has 0 spiro atoms. The number of carbonyl (C=O) groups is 8. The second-order valence-corrected chi connectivity index (χ2v) is 38.3. The van der Waals surface area contributed by atoms with Gasteiger partial charge in [0.1, 0.15) is 5.82 Å². The normalized spacial score (nSPS) is 14.3. The summed E-state index contributed by atoms with van der Waals surface area (Å²) in [5.41, 5.74) is 9.21. The Morgan fingerprint density at radius 2 is 0.597 bits per heavy atom. The van der Waals surface area contributed by atoms with E-state index in [1.165, 1.54) is 58.7 Å². The van der Waals surface area contributed by atoms with Crippen LogP contribution < -0.4 is 40.9 Å². The molecule has 0 aliphatic carbocycles. The number of pyridine rings is 5. The van der Waals surface area contributed by atoms with E-state index >= 15 is 0 Å². The number of hydrogen-bond acceptors (Lipinski definition) is 15. The molecule has 0 saturated heterocycles. The molecular formula is C117H96F9N15O8. The van der Waals surface area contributed by atoms with E-state index in [2.05, 4.69) is 56.2 Å². The molecule has 32 heteroatoms. The van der Waals surface area contributed by atoms with Crippen molar-refractivity contribution < 1.29 is 77.9 Å². The van der Waals surface area contributed by atoms with Crippen LogP contribution >= 0.6 is 0 Å². The average molecular weight is 2010 g/mol. The molecule has 0 bridgehead atoms. The molecule has 4 N–H and O–H groups in total. The number of alkyl halides is 9. The van der Waals surface area contributed by atoms with E-state index in [1.54, 1.807) is 246 Å². The number of nitrogens with one attached hydrogen (secondary N) is 4. The third-order valence-electron chi connectivity index (χ3n) is 26.4. The summed E-state index contributed by atoms with van der Waals surface area (Å²) in [6, 6.07) is 71.9. The number of benzene rings is 10.